The highest BCUT2D eigenvalue weighted by molar-refractivity contribution is 9.09. The van der Waals surface area contributed by atoms with Gasteiger partial charge in [0.25, 0.3) is 0 Å². The second-order valence-electron chi connectivity index (χ2n) is 5.79. The summed E-state index contributed by atoms with van der Waals surface area (Å²) in [6.07, 6.45) is 2.69. The molecule has 1 heterocycles. The Morgan fingerprint density at radius 3 is 2.33 bits per heavy atom. The Kier molecular flexibility index (Phi) is 5.31. The number of hydrogen-bond acceptors (Lipinski definition) is 2. The van der Waals surface area contributed by atoms with Crippen LogP contribution in [0.5, 0.6) is 0 Å². The number of allylic oxidation sites excluding steroid dienone is 1. The van der Waals surface area contributed by atoms with Crippen LogP contribution in [-0.2, 0) is 16.0 Å². The fourth-order valence-electron chi connectivity index (χ4n) is 2.92. The molecule has 3 rings (SSSR count). The molecule has 1 aliphatic rings. The lowest BCUT2D eigenvalue weighted by Crippen LogP contribution is -2.05. The number of carbonyl (C=O) groups is 1. The third-order valence-electron chi connectivity index (χ3n) is 4.22. The van der Waals surface area contributed by atoms with E-state index in [1.165, 1.54) is 5.56 Å². The first-order chi connectivity index (χ1) is 11.7. The summed E-state index contributed by atoms with van der Waals surface area (Å²) in [5.41, 5.74) is 5.04. The predicted octanol–water partition coefficient (Wildman–Crippen LogP) is 5.17. The first kappa shape index (κ1) is 16.7. The van der Waals surface area contributed by atoms with Crippen LogP contribution in [0.25, 0.3) is 0 Å². The molecule has 0 radical (unpaired) electrons. The van der Waals surface area contributed by atoms with E-state index in [1.54, 1.807) is 0 Å². The molecule has 2 nitrogen and oxygen atoms in total. The molecular formula is C21H19BrO2. The number of halogens is 1. The van der Waals surface area contributed by atoms with Gasteiger partial charge in [0.2, 0.25) is 0 Å². The standard InChI is InChI=1S/C21H19BrO2/c1-15-19(18(14-22)13-12-16-8-4-2-5-9-16)20(24-21(15)23)17-10-6-3-7-11-17/h2-11,13,20H,12,14H2,1H3/b18-13+. The number of carbonyl (C=O) groups excluding carboxylic acids is 1. The highest BCUT2D eigenvalue weighted by Crippen LogP contribution is 2.39. The van der Waals surface area contributed by atoms with Gasteiger partial charge in [0.05, 0.1) is 0 Å². The number of esters is 1. The van der Waals surface area contributed by atoms with Crippen LogP contribution in [-0.4, -0.2) is 11.3 Å². The number of cyclic esters (lactones) is 1. The SMILES string of the molecule is CC1=C(/C(=C/Cc2ccccc2)CBr)C(c2ccccc2)OC1=O. The minimum absolute atomic E-state index is 0.231. The second-order valence-corrected chi connectivity index (χ2v) is 6.35. The van der Waals surface area contributed by atoms with Crippen LogP contribution in [0.1, 0.15) is 24.2 Å². The fraction of sp³-hybridized carbons (Fsp3) is 0.190. The quantitative estimate of drug-likeness (QED) is 0.526. The Hall–Kier alpha value is -2.13. The molecule has 0 spiro atoms. The largest absolute Gasteiger partial charge is 0.449 e. The van der Waals surface area contributed by atoms with Crippen LogP contribution in [0.2, 0.25) is 0 Å². The van der Waals surface area contributed by atoms with Gasteiger partial charge in [0.15, 0.2) is 6.10 Å². The Bertz CT molecular complexity index is 776. The van der Waals surface area contributed by atoms with Crippen molar-refractivity contribution < 1.29 is 9.53 Å². The number of hydrogen-bond donors (Lipinski definition) is 0. The van der Waals surface area contributed by atoms with Crippen LogP contribution < -0.4 is 0 Å². The average Bonchev–Trinajstić information content (AvgIpc) is 2.93. The van der Waals surface area contributed by atoms with E-state index in [4.69, 9.17) is 4.74 Å². The maximum atomic E-state index is 12.1. The molecule has 2 aromatic carbocycles. The zero-order valence-corrected chi connectivity index (χ0v) is 15.1. The second kappa shape index (κ2) is 7.63. The summed E-state index contributed by atoms with van der Waals surface area (Å²) in [5, 5.41) is 0.687. The lowest BCUT2D eigenvalue weighted by atomic mass is 9.93. The van der Waals surface area contributed by atoms with Gasteiger partial charge >= 0.3 is 5.97 Å². The van der Waals surface area contributed by atoms with Crippen molar-refractivity contribution in [2.45, 2.75) is 19.4 Å². The van der Waals surface area contributed by atoms with Gasteiger partial charge < -0.3 is 4.74 Å². The van der Waals surface area contributed by atoms with E-state index in [9.17, 15) is 4.79 Å². The van der Waals surface area contributed by atoms with Crippen molar-refractivity contribution in [2.24, 2.45) is 0 Å². The van der Waals surface area contributed by atoms with Crippen molar-refractivity contribution in [1.29, 1.82) is 0 Å². The summed E-state index contributed by atoms with van der Waals surface area (Å²) in [6.45, 7) is 1.85. The van der Waals surface area contributed by atoms with Gasteiger partial charge in [-0.15, -0.1) is 0 Å². The molecule has 3 heteroatoms. The average molecular weight is 383 g/mol. The van der Waals surface area contributed by atoms with Crippen molar-refractivity contribution in [1.82, 2.24) is 0 Å². The van der Waals surface area contributed by atoms with Gasteiger partial charge in [-0.2, -0.15) is 0 Å². The van der Waals surface area contributed by atoms with E-state index in [2.05, 4.69) is 34.1 Å². The van der Waals surface area contributed by atoms with Crippen molar-refractivity contribution >= 4 is 21.9 Å². The molecule has 0 N–H and O–H groups in total. The summed E-state index contributed by atoms with van der Waals surface area (Å²) >= 11 is 3.58. The minimum Gasteiger partial charge on any atom is -0.449 e. The van der Waals surface area contributed by atoms with Gasteiger partial charge in [0, 0.05) is 16.5 Å². The summed E-state index contributed by atoms with van der Waals surface area (Å²) in [7, 11) is 0. The first-order valence-electron chi connectivity index (χ1n) is 7.96. The summed E-state index contributed by atoms with van der Waals surface area (Å²) in [5.74, 6) is -0.231. The van der Waals surface area contributed by atoms with Gasteiger partial charge in [-0.1, -0.05) is 82.7 Å². The number of benzene rings is 2. The molecule has 0 fully saturated rings. The van der Waals surface area contributed by atoms with Gasteiger partial charge in [0.1, 0.15) is 0 Å². The zero-order valence-electron chi connectivity index (χ0n) is 13.5. The molecule has 1 atom stereocenters. The number of rotatable bonds is 5. The summed E-state index contributed by atoms with van der Waals surface area (Å²) in [6, 6.07) is 20.2. The monoisotopic (exact) mass is 382 g/mol. The van der Waals surface area contributed by atoms with Gasteiger partial charge in [-0.05, 0) is 30.0 Å². The fourth-order valence-corrected chi connectivity index (χ4v) is 3.46. The van der Waals surface area contributed by atoms with Crippen LogP contribution in [0.15, 0.2) is 83.5 Å². The summed E-state index contributed by atoms with van der Waals surface area (Å²) in [4.78, 5) is 12.1. The van der Waals surface area contributed by atoms with Crippen molar-refractivity contribution in [3.8, 4) is 0 Å². The lowest BCUT2D eigenvalue weighted by Gasteiger charge is -2.16. The summed E-state index contributed by atoms with van der Waals surface area (Å²) < 4.78 is 5.63. The van der Waals surface area contributed by atoms with Gasteiger partial charge in [-0.25, -0.2) is 4.79 Å². The van der Waals surface area contributed by atoms with E-state index in [-0.39, 0.29) is 12.1 Å². The van der Waals surface area contributed by atoms with Crippen molar-refractivity contribution in [3.63, 3.8) is 0 Å². The Morgan fingerprint density at radius 2 is 1.71 bits per heavy atom. The lowest BCUT2D eigenvalue weighted by molar-refractivity contribution is -0.139. The maximum Gasteiger partial charge on any atom is 0.335 e. The van der Waals surface area contributed by atoms with Crippen LogP contribution in [0, 0.1) is 0 Å². The van der Waals surface area contributed by atoms with Crippen molar-refractivity contribution in [2.75, 3.05) is 5.33 Å². The molecule has 0 saturated carbocycles. The minimum atomic E-state index is -0.321. The van der Waals surface area contributed by atoms with E-state index < -0.39 is 0 Å². The molecule has 1 aliphatic heterocycles. The van der Waals surface area contributed by atoms with E-state index >= 15 is 0 Å². The Labute approximate surface area is 151 Å². The maximum absolute atomic E-state index is 12.1. The first-order valence-corrected chi connectivity index (χ1v) is 9.09. The van der Waals surface area contributed by atoms with E-state index in [0.29, 0.717) is 10.9 Å². The van der Waals surface area contributed by atoms with Crippen LogP contribution in [0.4, 0.5) is 0 Å². The normalized spacial score (nSPS) is 18.0. The molecule has 0 aliphatic carbocycles. The van der Waals surface area contributed by atoms with E-state index in [1.807, 2.05) is 55.5 Å². The van der Waals surface area contributed by atoms with E-state index in [0.717, 1.165) is 23.1 Å². The topological polar surface area (TPSA) is 26.3 Å². The number of ether oxygens (including phenoxy) is 1. The Balaban J connectivity index is 1.94. The molecule has 0 amide bonds. The Morgan fingerprint density at radius 1 is 1.08 bits per heavy atom. The number of alkyl halides is 1. The van der Waals surface area contributed by atoms with Crippen LogP contribution in [0.3, 0.4) is 0 Å². The highest BCUT2D eigenvalue weighted by Gasteiger charge is 2.34. The molecular weight excluding hydrogens is 364 g/mol. The highest BCUT2D eigenvalue weighted by atomic mass is 79.9. The molecule has 0 saturated heterocycles. The molecule has 0 bridgehead atoms. The molecule has 0 aromatic heterocycles. The smallest absolute Gasteiger partial charge is 0.335 e. The van der Waals surface area contributed by atoms with Crippen molar-refractivity contribution in [3.05, 3.63) is 94.6 Å². The molecule has 122 valence electrons. The predicted molar refractivity (Wildman–Crippen MR) is 100.0 cm³/mol. The van der Waals surface area contributed by atoms with Crippen LogP contribution >= 0.6 is 15.9 Å². The zero-order chi connectivity index (χ0) is 16.9. The molecule has 24 heavy (non-hydrogen) atoms. The third-order valence-corrected chi connectivity index (χ3v) is 4.82. The molecule has 1 unspecified atom stereocenters. The molecule has 2 aromatic rings. The van der Waals surface area contributed by atoms with Gasteiger partial charge in [-0.3, -0.25) is 0 Å². The third kappa shape index (κ3) is 3.51.